The van der Waals surface area contributed by atoms with Crippen LogP contribution < -0.4 is 10.1 Å². The van der Waals surface area contributed by atoms with Crippen molar-refractivity contribution in [2.75, 3.05) is 13.7 Å². The summed E-state index contributed by atoms with van der Waals surface area (Å²) in [6.07, 6.45) is 0.659. The average Bonchev–Trinajstić information content (AvgIpc) is 2.99. The minimum absolute atomic E-state index is 0.0808. The molecule has 0 spiro atoms. The van der Waals surface area contributed by atoms with E-state index in [1.807, 2.05) is 97.9 Å². The van der Waals surface area contributed by atoms with Crippen LogP contribution in [0, 0.1) is 0 Å². The van der Waals surface area contributed by atoms with Gasteiger partial charge in [-0.3, -0.25) is 9.59 Å². The van der Waals surface area contributed by atoms with Gasteiger partial charge in [-0.2, -0.15) is 0 Å². The van der Waals surface area contributed by atoms with Crippen LogP contribution in [0.15, 0.2) is 115 Å². The van der Waals surface area contributed by atoms with E-state index in [4.69, 9.17) is 4.74 Å². The summed E-state index contributed by atoms with van der Waals surface area (Å²) in [7, 11) is 1.62. The Morgan fingerprint density at radius 2 is 1.33 bits per heavy atom. The molecule has 4 aromatic rings. The van der Waals surface area contributed by atoms with Crippen LogP contribution in [0.25, 0.3) is 0 Å². The number of nitrogens with zero attached hydrogens (tertiary/aromatic N) is 1. The first-order valence-corrected chi connectivity index (χ1v) is 13.4. The third-order valence-corrected chi connectivity index (χ3v) is 6.89. The number of amides is 2. The van der Waals surface area contributed by atoms with Crippen molar-refractivity contribution in [3.05, 3.63) is 138 Å². The minimum Gasteiger partial charge on any atom is -0.497 e. The Morgan fingerprint density at radius 3 is 1.90 bits per heavy atom. The Labute approximate surface area is 231 Å². The van der Waals surface area contributed by atoms with Gasteiger partial charge in [0.05, 0.1) is 7.11 Å². The Hall–Kier alpha value is -4.38. The van der Waals surface area contributed by atoms with E-state index in [1.54, 1.807) is 12.0 Å². The van der Waals surface area contributed by atoms with Crippen molar-refractivity contribution in [1.82, 2.24) is 10.2 Å². The summed E-state index contributed by atoms with van der Waals surface area (Å²) < 4.78 is 5.44. The third-order valence-electron chi connectivity index (χ3n) is 6.89. The second-order valence-corrected chi connectivity index (χ2v) is 9.55. The number of carbonyl (C=O) groups excluding carboxylic acids is 2. The molecule has 5 heteroatoms. The minimum atomic E-state index is -0.668. The van der Waals surface area contributed by atoms with E-state index in [-0.39, 0.29) is 24.2 Å². The van der Waals surface area contributed by atoms with Crippen molar-refractivity contribution in [3.63, 3.8) is 0 Å². The van der Waals surface area contributed by atoms with E-state index in [0.29, 0.717) is 25.3 Å². The molecule has 4 rings (SSSR count). The smallest absolute Gasteiger partial charge is 0.243 e. The zero-order chi connectivity index (χ0) is 27.5. The lowest BCUT2D eigenvalue weighted by molar-refractivity contribution is -0.141. The van der Waals surface area contributed by atoms with Crippen LogP contribution in [0.4, 0.5) is 0 Å². The lowest BCUT2D eigenvalue weighted by Gasteiger charge is -2.33. The van der Waals surface area contributed by atoms with Crippen molar-refractivity contribution in [1.29, 1.82) is 0 Å². The number of nitrogens with one attached hydrogen (secondary N) is 1. The van der Waals surface area contributed by atoms with E-state index in [9.17, 15) is 9.59 Å². The average molecular weight is 521 g/mol. The highest BCUT2D eigenvalue weighted by Gasteiger charge is 2.32. The van der Waals surface area contributed by atoms with Gasteiger partial charge in [-0.15, -0.1) is 0 Å². The Morgan fingerprint density at radius 1 is 0.769 bits per heavy atom. The largest absolute Gasteiger partial charge is 0.497 e. The van der Waals surface area contributed by atoms with Gasteiger partial charge >= 0.3 is 0 Å². The Balaban J connectivity index is 1.73. The Kier molecular flexibility index (Phi) is 9.90. The van der Waals surface area contributed by atoms with E-state index in [1.165, 1.54) is 0 Å². The zero-order valence-corrected chi connectivity index (χ0v) is 22.6. The summed E-state index contributed by atoms with van der Waals surface area (Å²) in [4.78, 5) is 29.6. The summed E-state index contributed by atoms with van der Waals surface area (Å²) in [6.45, 7) is 2.68. The number of benzene rings is 4. The molecule has 0 aliphatic heterocycles. The number of methoxy groups -OCH3 is 1. The van der Waals surface area contributed by atoms with Crippen molar-refractivity contribution in [2.24, 2.45) is 0 Å². The van der Waals surface area contributed by atoms with Gasteiger partial charge in [-0.25, -0.2) is 0 Å². The fraction of sp³-hybridized carbons (Fsp3) is 0.235. The monoisotopic (exact) mass is 520 g/mol. The van der Waals surface area contributed by atoms with E-state index in [0.717, 1.165) is 22.3 Å². The van der Waals surface area contributed by atoms with Crippen molar-refractivity contribution >= 4 is 11.8 Å². The topological polar surface area (TPSA) is 58.6 Å². The van der Waals surface area contributed by atoms with Crippen molar-refractivity contribution in [2.45, 2.75) is 38.3 Å². The second kappa shape index (κ2) is 14.0. The molecule has 0 aromatic heterocycles. The lowest BCUT2D eigenvalue weighted by atomic mass is 9.87. The Bertz CT molecular complexity index is 1290. The van der Waals surface area contributed by atoms with Crippen LogP contribution in [-0.2, 0) is 22.6 Å². The molecule has 0 fully saturated rings. The molecule has 5 nitrogen and oxygen atoms in total. The molecule has 0 heterocycles. The van der Waals surface area contributed by atoms with Gasteiger partial charge in [0, 0.05) is 31.8 Å². The standard InChI is InChI=1S/C34H36N2O3/c1-3-35-34(38)32(23-26-14-7-4-8-15-26)36(25-27-16-13-21-30(22-27)39-2)33(37)24-31(28-17-9-5-10-18-28)29-19-11-6-12-20-29/h4-22,31-32H,3,23-25H2,1-2H3,(H,35,38)/t32-/m1/s1. The molecule has 0 aliphatic rings. The molecule has 0 saturated carbocycles. The fourth-order valence-corrected chi connectivity index (χ4v) is 4.90. The van der Waals surface area contributed by atoms with E-state index >= 15 is 0 Å². The predicted molar refractivity (Wildman–Crippen MR) is 156 cm³/mol. The highest BCUT2D eigenvalue weighted by molar-refractivity contribution is 5.88. The molecule has 0 aliphatic carbocycles. The zero-order valence-electron chi connectivity index (χ0n) is 22.6. The summed E-state index contributed by atoms with van der Waals surface area (Å²) in [5.41, 5.74) is 4.04. The first kappa shape index (κ1) is 27.6. The highest BCUT2D eigenvalue weighted by atomic mass is 16.5. The number of rotatable bonds is 12. The molecule has 1 atom stereocenters. The van der Waals surface area contributed by atoms with Gasteiger partial charge in [0.25, 0.3) is 0 Å². The van der Waals surface area contributed by atoms with Crippen molar-refractivity contribution < 1.29 is 14.3 Å². The molecule has 0 unspecified atom stereocenters. The number of likely N-dealkylation sites (N-methyl/N-ethyl adjacent to an activating group) is 1. The second-order valence-electron chi connectivity index (χ2n) is 9.55. The third kappa shape index (κ3) is 7.57. The molecule has 0 saturated heterocycles. The molecule has 39 heavy (non-hydrogen) atoms. The summed E-state index contributed by atoms with van der Waals surface area (Å²) in [5.74, 6) is 0.333. The normalized spacial score (nSPS) is 11.6. The fourth-order valence-electron chi connectivity index (χ4n) is 4.90. The molecular weight excluding hydrogens is 484 g/mol. The van der Waals surface area contributed by atoms with Crippen LogP contribution >= 0.6 is 0 Å². The van der Waals surface area contributed by atoms with Crippen LogP contribution in [0.3, 0.4) is 0 Å². The van der Waals surface area contributed by atoms with Crippen LogP contribution in [0.1, 0.15) is 41.5 Å². The van der Waals surface area contributed by atoms with Crippen LogP contribution in [0.5, 0.6) is 5.75 Å². The summed E-state index contributed by atoms with van der Waals surface area (Å²) >= 11 is 0. The van der Waals surface area contributed by atoms with E-state index < -0.39 is 6.04 Å². The van der Waals surface area contributed by atoms with Gasteiger partial charge in [0.1, 0.15) is 11.8 Å². The van der Waals surface area contributed by atoms with Gasteiger partial charge in [-0.1, -0.05) is 103 Å². The maximum absolute atomic E-state index is 14.3. The quantitative estimate of drug-likeness (QED) is 0.250. The molecule has 0 radical (unpaired) electrons. The molecule has 4 aromatic carbocycles. The number of hydrogen-bond donors (Lipinski definition) is 1. The van der Waals surface area contributed by atoms with Gasteiger partial charge in [0.2, 0.25) is 11.8 Å². The molecule has 2 amide bonds. The highest BCUT2D eigenvalue weighted by Crippen LogP contribution is 2.30. The lowest BCUT2D eigenvalue weighted by Crippen LogP contribution is -2.50. The van der Waals surface area contributed by atoms with Crippen LogP contribution in [-0.4, -0.2) is 36.4 Å². The maximum Gasteiger partial charge on any atom is 0.243 e. The van der Waals surface area contributed by atoms with E-state index in [2.05, 4.69) is 29.6 Å². The van der Waals surface area contributed by atoms with Gasteiger partial charge in [-0.05, 0) is 41.3 Å². The SMILES string of the molecule is CCNC(=O)[C@@H](Cc1ccccc1)N(Cc1cccc(OC)c1)C(=O)CC(c1ccccc1)c1ccccc1. The first-order chi connectivity index (χ1) is 19.1. The predicted octanol–water partition coefficient (Wildman–Crippen LogP) is 5.99. The molecular formula is C34H36N2O3. The first-order valence-electron chi connectivity index (χ1n) is 13.4. The maximum atomic E-state index is 14.3. The van der Waals surface area contributed by atoms with Crippen molar-refractivity contribution in [3.8, 4) is 5.75 Å². The number of ether oxygens (including phenoxy) is 1. The number of hydrogen-bond acceptors (Lipinski definition) is 3. The molecule has 1 N–H and O–H groups in total. The molecule has 0 bridgehead atoms. The number of carbonyl (C=O) groups is 2. The van der Waals surface area contributed by atoms with Crippen LogP contribution in [0.2, 0.25) is 0 Å². The van der Waals surface area contributed by atoms with Gasteiger partial charge in [0.15, 0.2) is 0 Å². The molecule has 200 valence electrons. The van der Waals surface area contributed by atoms with Gasteiger partial charge < -0.3 is 15.0 Å². The summed E-state index contributed by atoms with van der Waals surface area (Å²) in [6, 6.07) is 37.0. The summed E-state index contributed by atoms with van der Waals surface area (Å²) in [5, 5.41) is 2.97.